The maximum absolute atomic E-state index is 12.2. The number of nitrogens with two attached hydrogens (primary N) is 1. The van der Waals surface area contributed by atoms with E-state index >= 15 is 0 Å². The molecule has 0 bridgehead atoms. The van der Waals surface area contributed by atoms with Crippen molar-refractivity contribution in [2.45, 2.75) is 6.04 Å². The molecule has 0 spiro atoms. The zero-order chi connectivity index (χ0) is 25.0. The van der Waals surface area contributed by atoms with Gasteiger partial charge in [-0.3, -0.25) is 24.6 Å². The summed E-state index contributed by atoms with van der Waals surface area (Å²) in [5, 5.41) is 16.9. The third-order valence-corrected chi connectivity index (χ3v) is 4.75. The van der Waals surface area contributed by atoms with E-state index in [1.54, 1.807) is 67.0 Å². The molecule has 10 nitrogen and oxygen atoms in total. The van der Waals surface area contributed by atoms with Gasteiger partial charge in [0.05, 0.1) is 12.2 Å². The van der Waals surface area contributed by atoms with Gasteiger partial charge in [-0.2, -0.15) is 0 Å². The van der Waals surface area contributed by atoms with Crippen LogP contribution >= 0.6 is 0 Å². The van der Waals surface area contributed by atoms with E-state index in [0.29, 0.717) is 16.8 Å². The van der Waals surface area contributed by atoms with Crippen molar-refractivity contribution in [3.05, 3.63) is 89.7 Å². The molecule has 0 aliphatic carbocycles. The minimum Gasteiger partial charge on any atom is -0.375 e. The second-order valence-corrected chi connectivity index (χ2v) is 7.29. The molecule has 0 unspecified atom stereocenters. The normalized spacial score (nSPS) is 10.8. The highest BCUT2D eigenvalue weighted by Crippen LogP contribution is 2.10. The van der Waals surface area contributed by atoms with Crippen LogP contribution in [0.2, 0.25) is 0 Å². The molecule has 0 fully saturated rings. The number of hydroxylamine groups is 1. The van der Waals surface area contributed by atoms with Gasteiger partial charge in [0, 0.05) is 41.3 Å². The maximum Gasteiger partial charge on any atom is 0.267 e. The largest absolute Gasteiger partial charge is 0.375 e. The number of aromatic nitrogens is 1. The van der Waals surface area contributed by atoms with Gasteiger partial charge >= 0.3 is 0 Å². The number of carbonyl (C=O) groups excluding carboxylic acids is 3. The van der Waals surface area contributed by atoms with E-state index in [4.69, 9.17) is 10.9 Å². The van der Waals surface area contributed by atoms with Crippen molar-refractivity contribution in [3.63, 3.8) is 0 Å². The number of amides is 3. The van der Waals surface area contributed by atoms with Crippen LogP contribution in [-0.4, -0.2) is 47.0 Å². The minimum atomic E-state index is -1.04. The van der Waals surface area contributed by atoms with E-state index < -0.39 is 17.9 Å². The van der Waals surface area contributed by atoms with Gasteiger partial charge in [-0.1, -0.05) is 11.8 Å². The smallest absolute Gasteiger partial charge is 0.267 e. The molecule has 0 saturated heterocycles. The molecule has 0 saturated carbocycles. The zero-order valence-corrected chi connectivity index (χ0v) is 18.6. The number of rotatable bonds is 8. The molecule has 3 amide bonds. The summed E-state index contributed by atoms with van der Waals surface area (Å²) in [5.74, 6) is 4.54. The first-order valence-corrected chi connectivity index (χ1v) is 10.6. The van der Waals surface area contributed by atoms with Crippen LogP contribution < -0.4 is 27.2 Å². The van der Waals surface area contributed by atoms with Gasteiger partial charge in [0.1, 0.15) is 6.04 Å². The summed E-state index contributed by atoms with van der Waals surface area (Å²) < 4.78 is 0. The molecule has 178 valence electrons. The van der Waals surface area contributed by atoms with Crippen LogP contribution in [-0.2, 0) is 9.59 Å². The van der Waals surface area contributed by atoms with Gasteiger partial charge in [0.15, 0.2) is 0 Å². The highest BCUT2D eigenvalue weighted by atomic mass is 16.5. The third-order valence-electron chi connectivity index (χ3n) is 4.75. The summed E-state index contributed by atoms with van der Waals surface area (Å²) in [7, 11) is 0. The summed E-state index contributed by atoms with van der Waals surface area (Å²) in [6.07, 6.45) is 3.30. The average molecular weight is 473 g/mol. The topological polar surface area (TPSA) is 158 Å². The third kappa shape index (κ3) is 7.68. The Bertz CT molecular complexity index is 1220. The lowest BCUT2D eigenvalue weighted by atomic mass is 10.1. The van der Waals surface area contributed by atoms with Crippen LogP contribution in [0, 0.1) is 11.8 Å². The quantitative estimate of drug-likeness (QED) is 0.163. The van der Waals surface area contributed by atoms with E-state index in [0.717, 1.165) is 11.3 Å². The number of nitrogens with one attached hydrogen (secondary N) is 4. The Morgan fingerprint density at radius 1 is 0.943 bits per heavy atom. The number of nitrogens with zero attached hydrogens (tertiary/aromatic N) is 1. The van der Waals surface area contributed by atoms with Crippen molar-refractivity contribution in [2.24, 2.45) is 5.73 Å². The SMILES string of the molecule is NC[C@H](NC(=O)c1ccc(C#Cc2ccc(NC(=O)CNc3cccnc3)cc2)cc1)C(=O)NO. The van der Waals surface area contributed by atoms with Crippen LogP contribution in [0.4, 0.5) is 11.4 Å². The highest BCUT2D eigenvalue weighted by molar-refractivity contribution is 5.97. The summed E-state index contributed by atoms with van der Waals surface area (Å²) in [6.45, 7) is -0.0464. The molecular formula is C25H24N6O4. The first-order valence-electron chi connectivity index (χ1n) is 10.6. The van der Waals surface area contributed by atoms with E-state index in [2.05, 4.69) is 32.8 Å². The lowest BCUT2D eigenvalue weighted by Crippen LogP contribution is -2.50. The molecule has 2 aromatic carbocycles. The maximum atomic E-state index is 12.2. The Balaban J connectivity index is 1.53. The Labute approximate surface area is 201 Å². The van der Waals surface area contributed by atoms with Gasteiger partial charge < -0.3 is 21.7 Å². The lowest BCUT2D eigenvalue weighted by Gasteiger charge is -2.14. The molecule has 0 radical (unpaired) electrons. The van der Waals surface area contributed by atoms with Crippen molar-refractivity contribution < 1.29 is 19.6 Å². The van der Waals surface area contributed by atoms with E-state index in [-0.39, 0.29) is 19.0 Å². The Hall–Kier alpha value is -4.72. The van der Waals surface area contributed by atoms with E-state index in [9.17, 15) is 14.4 Å². The second kappa shape index (κ2) is 12.5. The van der Waals surface area contributed by atoms with Crippen LogP contribution in [0.1, 0.15) is 21.5 Å². The van der Waals surface area contributed by atoms with Gasteiger partial charge in [-0.15, -0.1) is 0 Å². The van der Waals surface area contributed by atoms with E-state index in [1.807, 2.05) is 6.07 Å². The predicted octanol–water partition coefficient (Wildman–Crippen LogP) is 1.09. The fraction of sp³-hybridized carbons (Fsp3) is 0.120. The van der Waals surface area contributed by atoms with Crippen molar-refractivity contribution in [2.75, 3.05) is 23.7 Å². The molecule has 0 aliphatic heterocycles. The molecule has 3 aromatic rings. The summed E-state index contributed by atoms with van der Waals surface area (Å²) in [5.41, 5.74) is 10.1. The second-order valence-electron chi connectivity index (χ2n) is 7.29. The summed E-state index contributed by atoms with van der Waals surface area (Å²) in [4.78, 5) is 39.8. The van der Waals surface area contributed by atoms with Crippen molar-refractivity contribution >= 4 is 29.1 Å². The predicted molar refractivity (Wildman–Crippen MR) is 130 cm³/mol. The van der Waals surface area contributed by atoms with Gasteiger partial charge in [-0.05, 0) is 60.7 Å². The molecule has 1 heterocycles. The van der Waals surface area contributed by atoms with Crippen LogP contribution in [0.3, 0.4) is 0 Å². The fourth-order valence-corrected chi connectivity index (χ4v) is 2.89. The first-order chi connectivity index (χ1) is 17.0. The zero-order valence-electron chi connectivity index (χ0n) is 18.6. The number of hydrogen-bond acceptors (Lipinski definition) is 7. The number of pyridine rings is 1. The molecule has 0 aliphatic rings. The Morgan fingerprint density at radius 2 is 1.60 bits per heavy atom. The Morgan fingerprint density at radius 3 is 2.17 bits per heavy atom. The van der Waals surface area contributed by atoms with Crippen LogP contribution in [0.5, 0.6) is 0 Å². The van der Waals surface area contributed by atoms with Gasteiger partial charge in [-0.25, -0.2) is 5.48 Å². The summed E-state index contributed by atoms with van der Waals surface area (Å²) >= 11 is 0. The monoisotopic (exact) mass is 472 g/mol. The molecule has 10 heteroatoms. The van der Waals surface area contributed by atoms with Crippen LogP contribution in [0.15, 0.2) is 73.1 Å². The number of hydrogen-bond donors (Lipinski definition) is 6. The Kier molecular flexibility index (Phi) is 8.90. The number of anilines is 2. The number of benzene rings is 2. The first kappa shape index (κ1) is 24.9. The average Bonchev–Trinajstić information content (AvgIpc) is 2.90. The standard InChI is InChI=1S/C25H24N6O4/c26-14-22(25(34)31-35)30-24(33)19-9-5-17(6-10-19)3-4-18-7-11-20(12-8-18)29-23(32)16-28-21-2-1-13-27-15-21/h1-2,5-13,15,22,28,35H,14,16,26H2,(H,29,32)(H,30,33)(H,31,34)/t22-/m0/s1. The molecule has 1 atom stereocenters. The molecule has 35 heavy (non-hydrogen) atoms. The van der Waals surface area contributed by atoms with Crippen molar-refractivity contribution in [1.29, 1.82) is 0 Å². The molecule has 1 aromatic heterocycles. The molecule has 7 N–H and O–H groups in total. The van der Waals surface area contributed by atoms with E-state index in [1.165, 1.54) is 5.48 Å². The minimum absolute atomic E-state index is 0.114. The molecular weight excluding hydrogens is 448 g/mol. The molecule has 3 rings (SSSR count). The fourth-order valence-electron chi connectivity index (χ4n) is 2.89. The van der Waals surface area contributed by atoms with Crippen molar-refractivity contribution in [3.8, 4) is 11.8 Å². The number of carbonyl (C=O) groups is 3. The van der Waals surface area contributed by atoms with Gasteiger partial charge in [0.25, 0.3) is 11.8 Å². The highest BCUT2D eigenvalue weighted by Gasteiger charge is 2.19. The van der Waals surface area contributed by atoms with Gasteiger partial charge in [0.2, 0.25) is 5.91 Å². The summed E-state index contributed by atoms with van der Waals surface area (Å²) in [6, 6.07) is 16.2. The van der Waals surface area contributed by atoms with Crippen LogP contribution in [0.25, 0.3) is 0 Å². The van der Waals surface area contributed by atoms with Crippen molar-refractivity contribution in [1.82, 2.24) is 15.8 Å². The lowest BCUT2D eigenvalue weighted by molar-refractivity contribution is -0.130.